The molecular weight excluding hydrogens is 464 g/mol. The van der Waals surface area contributed by atoms with Gasteiger partial charge < -0.3 is 19.3 Å². The van der Waals surface area contributed by atoms with Gasteiger partial charge in [0, 0.05) is 7.05 Å². The van der Waals surface area contributed by atoms with Crippen molar-refractivity contribution in [3.63, 3.8) is 0 Å². The van der Waals surface area contributed by atoms with Crippen LogP contribution in [0.15, 0.2) is 70.8 Å². The molecule has 0 aliphatic heterocycles. The molecule has 0 aliphatic carbocycles. The number of carbonyl (C=O) groups is 2. The first-order chi connectivity index (χ1) is 16.2. The van der Waals surface area contributed by atoms with E-state index in [1.54, 1.807) is 42.5 Å². The minimum absolute atomic E-state index is 0.0316. The number of aryl methyl sites for hydroxylation is 1. The molecule has 2 aromatic carbocycles. The Morgan fingerprint density at radius 3 is 2.32 bits per heavy atom. The molecule has 0 radical (unpaired) electrons. The number of hydrogen-bond acceptors (Lipinski definition) is 8. The van der Waals surface area contributed by atoms with Gasteiger partial charge in [0.1, 0.15) is 12.2 Å². The average molecular weight is 487 g/mol. The number of carbonyl (C=O) groups excluding carboxylic acids is 1. The number of hydrogen-bond donors (Lipinski definition) is 1. The van der Waals surface area contributed by atoms with Crippen LogP contribution in [0.1, 0.15) is 21.5 Å². The third-order valence-electron chi connectivity index (χ3n) is 4.80. The lowest BCUT2D eigenvalue weighted by atomic mass is 10.0. The lowest BCUT2D eigenvalue weighted by molar-refractivity contribution is -0.130. The molecule has 0 atom stereocenters. The Balaban J connectivity index is 2.06. The van der Waals surface area contributed by atoms with E-state index in [0.29, 0.717) is 11.1 Å². The minimum Gasteiger partial charge on any atom is -0.503 e. The van der Waals surface area contributed by atoms with Crippen molar-refractivity contribution in [2.75, 3.05) is 14.2 Å². The lowest BCUT2D eigenvalue weighted by Gasteiger charge is -2.11. The standard InChI is InChI=1S/C23H22N2O8S/c1-25-21(34(29,30)16-10-5-4-6-11-16)19(23(28)32-3)20(24-25)33-13-15-9-7-8-12-17(15)18(14-31-2)22(26)27/h4-12,14H,13H2,1-3H3,(H,26,27). The molecule has 0 spiro atoms. The maximum Gasteiger partial charge on any atom is 0.346 e. The van der Waals surface area contributed by atoms with Gasteiger partial charge in [-0.3, -0.25) is 4.68 Å². The van der Waals surface area contributed by atoms with Gasteiger partial charge in [-0.2, -0.15) is 0 Å². The minimum atomic E-state index is -4.14. The van der Waals surface area contributed by atoms with Gasteiger partial charge in [-0.25, -0.2) is 18.0 Å². The summed E-state index contributed by atoms with van der Waals surface area (Å²) in [6.45, 7) is -0.212. The fourth-order valence-corrected chi connectivity index (χ4v) is 4.85. The molecule has 1 heterocycles. The van der Waals surface area contributed by atoms with Gasteiger partial charge in [-0.05, 0) is 23.3 Å². The Kier molecular flexibility index (Phi) is 7.37. The number of rotatable bonds is 9. The third kappa shape index (κ3) is 4.79. The summed E-state index contributed by atoms with van der Waals surface area (Å²) in [5.41, 5.74) is 0.298. The lowest BCUT2D eigenvalue weighted by Crippen LogP contribution is -2.14. The first-order valence-corrected chi connectivity index (χ1v) is 11.3. The van der Waals surface area contributed by atoms with E-state index in [0.717, 1.165) is 18.1 Å². The molecule has 0 bridgehead atoms. The van der Waals surface area contributed by atoms with E-state index < -0.39 is 21.8 Å². The van der Waals surface area contributed by atoms with Gasteiger partial charge in [0.15, 0.2) is 10.6 Å². The fraction of sp³-hybridized carbons (Fsp3) is 0.174. The molecule has 1 N–H and O–H groups in total. The van der Waals surface area contributed by atoms with E-state index >= 15 is 0 Å². The molecule has 178 valence electrons. The molecule has 0 aliphatic rings. The maximum atomic E-state index is 13.3. The molecule has 34 heavy (non-hydrogen) atoms. The largest absolute Gasteiger partial charge is 0.503 e. The van der Waals surface area contributed by atoms with Crippen LogP contribution in [-0.4, -0.2) is 49.5 Å². The number of aromatic nitrogens is 2. The summed E-state index contributed by atoms with van der Waals surface area (Å²) in [6.07, 6.45) is 1.09. The molecular formula is C23H22N2O8S. The Hall–Kier alpha value is -4.12. The van der Waals surface area contributed by atoms with Crippen LogP contribution in [0.3, 0.4) is 0 Å². The predicted octanol–water partition coefficient (Wildman–Crippen LogP) is 2.69. The molecule has 3 rings (SSSR count). The van der Waals surface area contributed by atoms with Crippen LogP contribution in [0.2, 0.25) is 0 Å². The molecule has 0 amide bonds. The monoisotopic (exact) mass is 486 g/mol. The van der Waals surface area contributed by atoms with Crippen LogP contribution in [0.4, 0.5) is 0 Å². The highest BCUT2D eigenvalue weighted by Gasteiger charge is 2.34. The molecule has 10 nitrogen and oxygen atoms in total. The van der Waals surface area contributed by atoms with E-state index in [-0.39, 0.29) is 33.5 Å². The van der Waals surface area contributed by atoms with Crippen molar-refractivity contribution < 1.29 is 37.3 Å². The molecule has 0 fully saturated rings. The first-order valence-electron chi connectivity index (χ1n) is 9.85. The van der Waals surface area contributed by atoms with E-state index in [2.05, 4.69) is 5.10 Å². The Labute approximate surface area is 195 Å². The van der Waals surface area contributed by atoms with Crippen molar-refractivity contribution in [3.8, 4) is 5.88 Å². The zero-order valence-electron chi connectivity index (χ0n) is 18.6. The second-order valence-corrected chi connectivity index (χ2v) is 8.80. The summed E-state index contributed by atoms with van der Waals surface area (Å²) in [5, 5.41) is 13.2. The number of benzene rings is 2. The maximum absolute atomic E-state index is 13.3. The predicted molar refractivity (Wildman–Crippen MR) is 120 cm³/mol. The number of aliphatic carboxylic acids is 1. The number of carboxylic acid groups (broad SMARTS) is 1. The summed E-state index contributed by atoms with van der Waals surface area (Å²) in [5.74, 6) is -2.43. The van der Waals surface area contributed by atoms with E-state index in [9.17, 15) is 23.1 Å². The number of carboxylic acids is 1. The van der Waals surface area contributed by atoms with Gasteiger partial charge in [-0.1, -0.05) is 42.5 Å². The van der Waals surface area contributed by atoms with Crippen molar-refractivity contribution >= 4 is 27.3 Å². The van der Waals surface area contributed by atoms with Gasteiger partial charge in [0.05, 0.1) is 25.4 Å². The Morgan fingerprint density at radius 1 is 1.06 bits per heavy atom. The number of sulfone groups is 1. The second-order valence-electron chi connectivity index (χ2n) is 6.94. The second kappa shape index (κ2) is 10.2. The number of nitrogens with zero attached hydrogens (tertiary/aromatic N) is 2. The number of ether oxygens (including phenoxy) is 3. The van der Waals surface area contributed by atoms with Crippen molar-refractivity contribution in [1.82, 2.24) is 9.78 Å². The van der Waals surface area contributed by atoms with Gasteiger partial charge in [0.2, 0.25) is 15.7 Å². The van der Waals surface area contributed by atoms with E-state index in [4.69, 9.17) is 14.2 Å². The van der Waals surface area contributed by atoms with E-state index in [1.807, 2.05) is 0 Å². The zero-order valence-corrected chi connectivity index (χ0v) is 19.4. The Bertz CT molecular complexity index is 1340. The highest BCUT2D eigenvalue weighted by atomic mass is 32.2. The topological polar surface area (TPSA) is 134 Å². The SMILES string of the molecule is COC=C(C(=O)O)c1ccccc1COc1nn(C)c(S(=O)(=O)c2ccccc2)c1C(=O)OC. The van der Waals surface area contributed by atoms with Crippen LogP contribution < -0.4 is 4.74 Å². The van der Waals surface area contributed by atoms with Crippen molar-refractivity contribution in [1.29, 1.82) is 0 Å². The summed E-state index contributed by atoms with van der Waals surface area (Å²) in [6, 6.07) is 14.1. The van der Waals surface area contributed by atoms with Crippen LogP contribution in [0.25, 0.3) is 5.57 Å². The summed E-state index contributed by atoms with van der Waals surface area (Å²) in [4.78, 5) is 24.2. The highest BCUT2D eigenvalue weighted by Crippen LogP contribution is 2.31. The first kappa shape index (κ1) is 24.5. The summed E-state index contributed by atoms with van der Waals surface area (Å²) in [7, 11) is -0.334. The number of methoxy groups -OCH3 is 2. The zero-order chi connectivity index (χ0) is 24.9. The molecule has 0 saturated heterocycles. The average Bonchev–Trinajstić information content (AvgIpc) is 3.18. The van der Waals surface area contributed by atoms with Crippen molar-refractivity contribution in [3.05, 3.63) is 77.5 Å². The quantitative estimate of drug-likeness (QED) is 0.275. The smallest absolute Gasteiger partial charge is 0.346 e. The normalized spacial score (nSPS) is 11.7. The summed E-state index contributed by atoms with van der Waals surface area (Å²) < 4.78 is 43.0. The third-order valence-corrected chi connectivity index (χ3v) is 6.67. The molecule has 3 aromatic rings. The van der Waals surface area contributed by atoms with Gasteiger partial charge in [0.25, 0.3) is 0 Å². The van der Waals surface area contributed by atoms with Gasteiger partial charge >= 0.3 is 11.9 Å². The number of esters is 1. The fourth-order valence-electron chi connectivity index (χ4n) is 3.28. The van der Waals surface area contributed by atoms with Crippen molar-refractivity contribution in [2.45, 2.75) is 16.5 Å². The van der Waals surface area contributed by atoms with Crippen LogP contribution in [0.5, 0.6) is 5.88 Å². The van der Waals surface area contributed by atoms with Crippen molar-refractivity contribution in [2.24, 2.45) is 7.05 Å². The molecule has 1 aromatic heterocycles. The summed E-state index contributed by atoms with van der Waals surface area (Å²) >= 11 is 0. The molecule has 0 saturated carbocycles. The Morgan fingerprint density at radius 2 is 1.71 bits per heavy atom. The van der Waals surface area contributed by atoms with Crippen LogP contribution in [0, 0.1) is 0 Å². The van der Waals surface area contributed by atoms with Crippen LogP contribution in [-0.2, 0) is 37.8 Å². The molecule has 11 heteroatoms. The molecule has 0 unspecified atom stereocenters. The van der Waals surface area contributed by atoms with Gasteiger partial charge in [-0.15, -0.1) is 5.10 Å². The highest BCUT2D eigenvalue weighted by molar-refractivity contribution is 7.91. The van der Waals surface area contributed by atoms with Crippen LogP contribution >= 0.6 is 0 Å². The van der Waals surface area contributed by atoms with E-state index in [1.165, 1.54) is 26.3 Å².